The van der Waals surface area contributed by atoms with Gasteiger partial charge in [-0.25, -0.2) is 0 Å². The molecule has 0 spiro atoms. The van der Waals surface area contributed by atoms with Crippen LogP contribution in [0.4, 0.5) is 11.4 Å². The summed E-state index contributed by atoms with van der Waals surface area (Å²) in [5.74, 6) is -0.157. The molecule has 1 atom stereocenters. The number of carbonyl (C=O) groups excluding carboxylic acids is 2. The lowest BCUT2D eigenvalue weighted by Gasteiger charge is -2.43. The zero-order valence-corrected chi connectivity index (χ0v) is 19.0. The maximum atomic E-state index is 13.5. The molecule has 1 fully saturated rings. The molecule has 0 bridgehead atoms. The standard InChI is InChI=1S/C26H26ClN3O2/c1-18-8-13-23(16-24(18)27)29-14-15-30(25(17-29)20-6-4-3-5-7-20)26(32)21-9-11-22(12-10-21)28-19(2)31/h3-13,16,25H,14-15,17H2,1-2H3,(H,28,31). The van der Waals surface area contributed by atoms with Crippen LogP contribution in [0.1, 0.15) is 34.5 Å². The number of amides is 2. The monoisotopic (exact) mass is 447 g/mol. The number of piperazine rings is 1. The van der Waals surface area contributed by atoms with Gasteiger partial charge in [0.2, 0.25) is 5.91 Å². The van der Waals surface area contributed by atoms with E-state index in [1.165, 1.54) is 6.92 Å². The lowest BCUT2D eigenvalue weighted by Crippen LogP contribution is -2.50. The van der Waals surface area contributed by atoms with E-state index in [1.54, 1.807) is 24.3 Å². The predicted octanol–water partition coefficient (Wildman–Crippen LogP) is 5.31. The predicted molar refractivity (Wildman–Crippen MR) is 129 cm³/mol. The smallest absolute Gasteiger partial charge is 0.254 e. The average molecular weight is 448 g/mol. The third-order valence-electron chi connectivity index (χ3n) is 5.80. The van der Waals surface area contributed by atoms with Crippen LogP contribution in [-0.2, 0) is 4.79 Å². The Labute approximate surface area is 193 Å². The van der Waals surface area contributed by atoms with Gasteiger partial charge in [0.25, 0.3) is 5.91 Å². The molecule has 5 nitrogen and oxygen atoms in total. The highest BCUT2D eigenvalue weighted by atomic mass is 35.5. The summed E-state index contributed by atoms with van der Waals surface area (Å²) in [7, 11) is 0. The molecule has 164 valence electrons. The first kappa shape index (κ1) is 21.9. The van der Waals surface area contributed by atoms with Crippen LogP contribution in [0, 0.1) is 6.92 Å². The lowest BCUT2D eigenvalue weighted by atomic mass is 10.00. The molecule has 4 rings (SSSR count). The molecule has 0 aromatic heterocycles. The van der Waals surface area contributed by atoms with Crippen molar-refractivity contribution in [3.05, 3.63) is 94.5 Å². The van der Waals surface area contributed by atoms with Crippen molar-refractivity contribution >= 4 is 34.8 Å². The largest absolute Gasteiger partial charge is 0.367 e. The Balaban J connectivity index is 1.60. The minimum atomic E-state index is -0.138. The Bertz CT molecular complexity index is 1120. The van der Waals surface area contributed by atoms with Gasteiger partial charge in [-0.2, -0.15) is 0 Å². The molecule has 3 aromatic rings. The molecule has 0 aliphatic carbocycles. The van der Waals surface area contributed by atoms with Crippen LogP contribution in [0.2, 0.25) is 5.02 Å². The van der Waals surface area contributed by atoms with Gasteiger partial charge < -0.3 is 15.1 Å². The third kappa shape index (κ3) is 4.78. The second kappa shape index (κ2) is 9.45. The summed E-state index contributed by atoms with van der Waals surface area (Å²) >= 11 is 6.37. The Hall–Kier alpha value is -3.31. The quantitative estimate of drug-likeness (QED) is 0.589. The molecule has 1 saturated heterocycles. The molecule has 6 heteroatoms. The van der Waals surface area contributed by atoms with Gasteiger partial charge in [-0.05, 0) is 54.4 Å². The number of halogens is 1. The maximum absolute atomic E-state index is 13.5. The number of nitrogens with zero attached hydrogens (tertiary/aromatic N) is 2. The summed E-state index contributed by atoms with van der Waals surface area (Å²) in [6.45, 7) is 5.45. The molecule has 32 heavy (non-hydrogen) atoms. The molecular formula is C26H26ClN3O2. The number of carbonyl (C=O) groups is 2. The zero-order valence-electron chi connectivity index (χ0n) is 18.2. The fraction of sp³-hybridized carbons (Fsp3) is 0.231. The van der Waals surface area contributed by atoms with E-state index >= 15 is 0 Å². The molecular weight excluding hydrogens is 422 g/mol. The Kier molecular flexibility index (Phi) is 6.47. The molecule has 1 aliphatic heterocycles. The first-order valence-electron chi connectivity index (χ1n) is 10.7. The van der Waals surface area contributed by atoms with E-state index in [9.17, 15) is 9.59 Å². The van der Waals surface area contributed by atoms with Crippen molar-refractivity contribution in [2.75, 3.05) is 29.9 Å². The van der Waals surface area contributed by atoms with Crippen molar-refractivity contribution in [2.24, 2.45) is 0 Å². The highest BCUT2D eigenvalue weighted by Gasteiger charge is 2.32. The van der Waals surface area contributed by atoms with Crippen LogP contribution >= 0.6 is 11.6 Å². The van der Waals surface area contributed by atoms with Gasteiger partial charge in [-0.15, -0.1) is 0 Å². The summed E-state index contributed by atoms with van der Waals surface area (Å²) in [6, 6.07) is 23.2. The van der Waals surface area contributed by atoms with Crippen LogP contribution in [0.5, 0.6) is 0 Å². The molecule has 0 saturated carbocycles. The van der Waals surface area contributed by atoms with Gasteiger partial charge in [0.05, 0.1) is 6.04 Å². The van der Waals surface area contributed by atoms with Crippen molar-refractivity contribution in [3.8, 4) is 0 Å². The SMILES string of the molecule is CC(=O)Nc1ccc(C(=O)N2CCN(c3ccc(C)c(Cl)c3)CC2c2ccccc2)cc1. The van der Waals surface area contributed by atoms with Crippen molar-refractivity contribution < 1.29 is 9.59 Å². The van der Waals surface area contributed by atoms with Gasteiger partial charge in [-0.1, -0.05) is 48.0 Å². The maximum Gasteiger partial charge on any atom is 0.254 e. The van der Waals surface area contributed by atoms with Crippen LogP contribution in [-0.4, -0.2) is 36.3 Å². The Morgan fingerprint density at radius 2 is 1.69 bits per heavy atom. The van der Waals surface area contributed by atoms with E-state index in [1.807, 2.05) is 42.2 Å². The van der Waals surface area contributed by atoms with Gasteiger partial charge in [-0.3, -0.25) is 9.59 Å². The first-order chi connectivity index (χ1) is 15.4. The second-order valence-corrected chi connectivity index (χ2v) is 8.47. The summed E-state index contributed by atoms with van der Waals surface area (Å²) in [4.78, 5) is 28.9. The van der Waals surface area contributed by atoms with Gasteiger partial charge in [0.15, 0.2) is 0 Å². The van der Waals surface area contributed by atoms with Gasteiger partial charge >= 0.3 is 0 Å². The van der Waals surface area contributed by atoms with E-state index in [4.69, 9.17) is 11.6 Å². The fourth-order valence-electron chi connectivity index (χ4n) is 4.06. The summed E-state index contributed by atoms with van der Waals surface area (Å²) in [6.07, 6.45) is 0. The number of hydrogen-bond acceptors (Lipinski definition) is 3. The minimum Gasteiger partial charge on any atom is -0.367 e. The molecule has 1 N–H and O–H groups in total. The number of benzene rings is 3. The van der Waals surface area contributed by atoms with E-state index < -0.39 is 0 Å². The van der Waals surface area contributed by atoms with Crippen molar-refractivity contribution in [1.82, 2.24) is 4.90 Å². The van der Waals surface area contributed by atoms with Crippen molar-refractivity contribution in [3.63, 3.8) is 0 Å². The van der Waals surface area contributed by atoms with Crippen LogP contribution < -0.4 is 10.2 Å². The minimum absolute atomic E-state index is 0.0187. The van der Waals surface area contributed by atoms with Gasteiger partial charge in [0, 0.05) is 48.5 Å². The zero-order chi connectivity index (χ0) is 22.7. The Morgan fingerprint density at radius 3 is 2.34 bits per heavy atom. The third-order valence-corrected chi connectivity index (χ3v) is 6.21. The van der Waals surface area contributed by atoms with Crippen molar-refractivity contribution in [1.29, 1.82) is 0 Å². The van der Waals surface area contributed by atoms with Crippen LogP contribution in [0.3, 0.4) is 0 Å². The highest BCUT2D eigenvalue weighted by molar-refractivity contribution is 6.31. The molecule has 0 radical (unpaired) electrons. The van der Waals surface area contributed by atoms with E-state index in [0.717, 1.165) is 28.4 Å². The number of rotatable bonds is 4. The van der Waals surface area contributed by atoms with Crippen LogP contribution in [0.15, 0.2) is 72.8 Å². The normalized spacial score (nSPS) is 16.0. The molecule has 1 aliphatic rings. The second-order valence-electron chi connectivity index (χ2n) is 8.06. The van der Waals surface area contributed by atoms with Crippen molar-refractivity contribution in [2.45, 2.75) is 19.9 Å². The molecule has 2 amide bonds. The van der Waals surface area contributed by atoms with Gasteiger partial charge in [0.1, 0.15) is 0 Å². The Morgan fingerprint density at radius 1 is 0.969 bits per heavy atom. The molecule has 1 unspecified atom stereocenters. The average Bonchev–Trinajstić information content (AvgIpc) is 2.81. The topological polar surface area (TPSA) is 52.7 Å². The number of hydrogen-bond donors (Lipinski definition) is 1. The fourth-order valence-corrected chi connectivity index (χ4v) is 4.24. The lowest BCUT2D eigenvalue weighted by molar-refractivity contribution is -0.114. The summed E-state index contributed by atoms with van der Waals surface area (Å²) < 4.78 is 0. The summed E-state index contributed by atoms with van der Waals surface area (Å²) in [5, 5.41) is 3.48. The first-order valence-corrected chi connectivity index (χ1v) is 11.0. The highest BCUT2D eigenvalue weighted by Crippen LogP contribution is 2.31. The van der Waals surface area contributed by atoms with E-state index in [2.05, 4.69) is 28.4 Å². The van der Waals surface area contributed by atoms with E-state index in [0.29, 0.717) is 24.3 Å². The number of aryl methyl sites for hydroxylation is 1. The number of nitrogens with one attached hydrogen (secondary N) is 1. The van der Waals surface area contributed by atoms with Crippen LogP contribution in [0.25, 0.3) is 0 Å². The molecule has 1 heterocycles. The molecule has 3 aromatic carbocycles. The van der Waals surface area contributed by atoms with E-state index in [-0.39, 0.29) is 17.9 Å². The number of anilines is 2. The summed E-state index contributed by atoms with van der Waals surface area (Å²) in [5.41, 5.74) is 4.49.